The van der Waals surface area contributed by atoms with E-state index in [0.29, 0.717) is 0 Å². The molecule has 20 heavy (non-hydrogen) atoms. The highest BCUT2D eigenvalue weighted by molar-refractivity contribution is 7.99. The number of aromatic nitrogens is 2. The Balaban J connectivity index is 0.00000147. The van der Waals surface area contributed by atoms with Crippen LogP contribution in [0.15, 0.2) is 65.8 Å². The Morgan fingerprint density at radius 2 is 1.75 bits per heavy atom. The maximum absolute atomic E-state index is 4.53. The third kappa shape index (κ3) is 3.65. The van der Waals surface area contributed by atoms with Gasteiger partial charge >= 0.3 is 0 Å². The lowest BCUT2D eigenvalue weighted by Crippen LogP contribution is -1.76. The second-order valence-electron chi connectivity index (χ2n) is 4.18. The molecule has 4 heteroatoms. The number of nitrogens with zero attached hydrogens (tertiary/aromatic N) is 1. The van der Waals surface area contributed by atoms with Crippen molar-refractivity contribution in [1.29, 1.82) is 0 Å². The fourth-order valence-electron chi connectivity index (χ4n) is 1.87. The predicted molar refractivity (Wildman–Crippen MR) is 89.5 cm³/mol. The zero-order valence-corrected chi connectivity index (χ0v) is 12.5. The van der Waals surface area contributed by atoms with Crippen molar-refractivity contribution in [1.82, 2.24) is 9.97 Å². The van der Waals surface area contributed by atoms with Crippen molar-refractivity contribution < 1.29 is 0 Å². The first-order valence-electron chi connectivity index (χ1n) is 6.21. The SMILES string of the molecule is C(=C\c1ccccc1)/CSc1nc2ccccc2[nH]1.Cl. The van der Waals surface area contributed by atoms with Gasteiger partial charge < -0.3 is 4.98 Å². The predicted octanol–water partition coefficient (Wildman–Crippen LogP) is 4.79. The number of rotatable bonds is 4. The van der Waals surface area contributed by atoms with Crippen molar-refractivity contribution in [2.45, 2.75) is 5.16 Å². The Morgan fingerprint density at radius 3 is 2.55 bits per heavy atom. The molecule has 102 valence electrons. The van der Waals surface area contributed by atoms with E-state index in [0.717, 1.165) is 21.9 Å². The summed E-state index contributed by atoms with van der Waals surface area (Å²) in [5, 5.41) is 0.971. The largest absolute Gasteiger partial charge is 0.333 e. The van der Waals surface area contributed by atoms with Gasteiger partial charge in [0.25, 0.3) is 0 Å². The van der Waals surface area contributed by atoms with Gasteiger partial charge in [-0.05, 0) is 17.7 Å². The van der Waals surface area contributed by atoms with E-state index in [4.69, 9.17) is 0 Å². The molecule has 0 saturated carbocycles. The van der Waals surface area contributed by atoms with Crippen LogP contribution in [0.1, 0.15) is 5.56 Å². The van der Waals surface area contributed by atoms with E-state index >= 15 is 0 Å². The molecule has 0 aliphatic carbocycles. The van der Waals surface area contributed by atoms with Crippen LogP contribution in [0.25, 0.3) is 17.1 Å². The van der Waals surface area contributed by atoms with Crippen molar-refractivity contribution in [2.75, 3.05) is 5.75 Å². The molecule has 0 amide bonds. The molecule has 3 rings (SSSR count). The summed E-state index contributed by atoms with van der Waals surface area (Å²) in [6.07, 6.45) is 4.29. The summed E-state index contributed by atoms with van der Waals surface area (Å²) in [5.41, 5.74) is 3.35. The van der Waals surface area contributed by atoms with Crippen molar-refractivity contribution in [2.24, 2.45) is 0 Å². The quantitative estimate of drug-likeness (QED) is 0.702. The standard InChI is InChI=1S/C16H14N2S.ClH/c1-2-7-13(8-3-1)9-6-12-19-16-17-14-10-4-5-11-15(14)18-16;/h1-11H,12H2,(H,17,18);1H/b9-6+;. The normalized spacial score (nSPS) is 10.8. The lowest BCUT2D eigenvalue weighted by molar-refractivity contribution is 1.08. The first-order chi connectivity index (χ1) is 9.42. The highest BCUT2D eigenvalue weighted by Crippen LogP contribution is 2.19. The number of aromatic amines is 1. The molecule has 1 heterocycles. The molecule has 0 atom stereocenters. The summed E-state index contributed by atoms with van der Waals surface area (Å²) < 4.78 is 0. The molecule has 0 aliphatic heterocycles. The van der Waals surface area contributed by atoms with E-state index in [-0.39, 0.29) is 12.4 Å². The zero-order chi connectivity index (χ0) is 12.9. The summed E-state index contributed by atoms with van der Waals surface area (Å²) in [6.45, 7) is 0. The number of imidazole rings is 1. The summed E-state index contributed by atoms with van der Waals surface area (Å²) in [6, 6.07) is 18.4. The van der Waals surface area contributed by atoms with Gasteiger partial charge in [0, 0.05) is 5.75 Å². The maximum atomic E-state index is 4.53. The average Bonchev–Trinajstić information content (AvgIpc) is 2.87. The van der Waals surface area contributed by atoms with Crippen molar-refractivity contribution in [3.05, 3.63) is 66.2 Å². The fourth-order valence-corrected chi connectivity index (χ4v) is 2.57. The van der Waals surface area contributed by atoms with Gasteiger partial charge in [0.15, 0.2) is 5.16 Å². The van der Waals surface area contributed by atoms with E-state index < -0.39 is 0 Å². The minimum absolute atomic E-state index is 0. The highest BCUT2D eigenvalue weighted by Gasteiger charge is 2.00. The molecular weight excluding hydrogens is 288 g/mol. The molecule has 2 aromatic carbocycles. The number of hydrogen-bond donors (Lipinski definition) is 1. The van der Waals surface area contributed by atoms with Crippen LogP contribution < -0.4 is 0 Å². The number of nitrogens with one attached hydrogen (secondary N) is 1. The number of halogens is 1. The summed E-state index contributed by atoms with van der Waals surface area (Å²) >= 11 is 1.71. The second-order valence-corrected chi connectivity index (χ2v) is 5.19. The van der Waals surface area contributed by atoms with Crippen LogP contribution in [0.4, 0.5) is 0 Å². The Labute approximate surface area is 128 Å². The first kappa shape index (κ1) is 14.7. The van der Waals surface area contributed by atoms with Gasteiger partial charge in [-0.25, -0.2) is 4.98 Å². The van der Waals surface area contributed by atoms with Gasteiger partial charge in [0.05, 0.1) is 11.0 Å². The van der Waals surface area contributed by atoms with Crippen molar-refractivity contribution in [3.8, 4) is 0 Å². The maximum Gasteiger partial charge on any atom is 0.166 e. The minimum atomic E-state index is 0. The Hall–Kier alpha value is -1.71. The number of fused-ring (bicyclic) bond motifs is 1. The van der Waals surface area contributed by atoms with E-state index in [9.17, 15) is 0 Å². The van der Waals surface area contributed by atoms with E-state index in [2.05, 4.69) is 34.3 Å². The Morgan fingerprint density at radius 1 is 1.00 bits per heavy atom. The molecule has 1 N–H and O–H groups in total. The fraction of sp³-hybridized carbons (Fsp3) is 0.0625. The summed E-state index contributed by atoms with van der Waals surface area (Å²) in [5.74, 6) is 0.911. The molecular formula is C16H15ClN2S. The summed E-state index contributed by atoms with van der Waals surface area (Å²) in [7, 11) is 0. The van der Waals surface area contributed by atoms with Crippen LogP contribution in [0, 0.1) is 0 Å². The molecule has 0 fully saturated rings. The van der Waals surface area contributed by atoms with Gasteiger partial charge in [-0.3, -0.25) is 0 Å². The second kappa shape index (κ2) is 7.17. The van der Waals surface area contributed by atoms with Gasteiger partial charge in [0.1, 0.15) is 0 Å². The third-order valence-electron chi connectivity index (χ3n) is 2.79. The number of thioether (sulfide) groups is 1. The molecule has 0 radical (unpaired) electrons. The molecule has 1 aromatic heterocycles. The van der Waals surface area contributed by atoms with Crippen LogP contribution in [0.2, 0.25) is 0 Å². The van der Waals surface area contributed by atoms with Crippen LogP contribution in [-0.4, -0.2) is 15.7 Å². The van der Waals surface area contributed by atoms with Crippen LogP contribution >= 0.6 is 24.2 Å². The molecule has 0 spiro atoms. The summed E-state index contributed by atoms with van der Waals surface area (Å²) in [4.78, 5) is 7.84. The third-order valence-corrected chi connectivity index (χ3v) is 3.62. The Bertz CT molecular complexity index is 659. The number of hydrogen-bond acceptors (Lipinski definition) is 2. The Kier molecular flexibility index (Phi) is 5.27. The van der Waals surface area contributed by atoms with Crippen molar-refractivity contribution >= 4 is 41.3 Å². The van der Waals surface area contributed by atoms with Crippen LogP contribution in [0.3, 0.4) is 0 Å². The lowest BCUT2D eigenvalue weighted by atomic mass is 10.2. The van der Waals surface area contributed by atoms with Gasteiger partial charge in [-0.2, -0.15) is 0 Å². The van der Waals surface area contributed by atoms with Crippen molar-refractivity contribution in [3.63, 3.8) is 0 Å². The first-order valence-corrected chi connectivity index (χ1v) is 7.19. The van der Waals surface area contributed by atoms with E-state index in [1.54, 1.807) is 11.8 Å². The number of benzene rings is 2. The number of H-pyrrole nitrogens is 1. The molecule has 0 saturated heterocycles. The van der Waals surface area contributed by atoms with Gasteiger partial charge in [0.2, 0.25) is 0 Å². The molecule has 0 bridgehead atoms. The van der Waals surface area contributed by atoms with Crippen LogP contribution in [0.5, 0.6) is 0 Å². The van der Waals surface area contributed by atoms with Gasteiger partial charge in [-0.1, -0.05) is 66.4 Å². The molecule has 0 unspecified atom stereocenters. The smallest absolute Gasteiger partial charge is 0.166 e. The minimum Gasteiger partial charge on any atom is -0.333 e. The molecule has 0 aliphatic rings. The average molecular weight is 303 g/mol. The lowest BCUT2D eigenvalue weighted by Gasteiger charge is -1.92. The monoisotopic (exact) mass is 302 g/mol. The molecule has 3 aromatic rings. The number of para-hydroxylation sites is 2. The van der Waals surface area contributed by atoms with Gasteiger partial charge in [-0.15, -0.1) is 12.4 Å². The van der Waals surface area contributed by atoms with E-state index in [1.807, 2.05) is 42.5 Å². The topological polar surface area (TPSA) is 28.7 Å². The van der Waals surface area contributed by atoms with E-state index in [1.165, 1.54) is 5.56 Å². The zero-order valence-electron chi connectivity index (χ0n) is 10.8. The molecule has 2 nitrogen and oxygen atoms in total. The van der Waals surface area contributed by atoms with Crippen LogP contribution in [-0.2, 0) is 0 Å². The highest BCUT2D eigenvalue weighted by atomic mass is 35.5.